The lowest BCUT2D eigenvalue weighted by Gasteiger charge is -2.35. The van der Waals surface area contributed by atoms with Gasteiger partial charge < -0.3 is 10.4 Å². The molecule has 3 atom stereocenters. The van der Waals surface area contributed by atoms with Gasteiger partial charge in [-0.05, 0) is 32.6 Å². The van der Waals surface area contributed by atoms with E-state index in [2.05, 4.69) is 5.32 Å². The fourth-order valence-electron chi connectivity index (χ4n) is 2.18. The summed E-state index contributed by atoms with van der Waals surface area (Å²) in [7, 11) is 0. The Morgan fingerprint density at radius 2 is 2.20 bits per heavy atom. The number of hydrogen-bond donors (Lipinski definition) is 2. The van der Waals surface area contributed by atoms with Gasteiger partial charge in [0.05, 0.1) is 5.60 Å². The molecule has 0 spiro atoms. The van der Waals surface area contributed by atoms with Crippen LogP contribution in [0.15, 0.2) is 0 Å². The van der Waals surface area contributed by atoms with Gasteiger partial charge in [0.1, 0.15) is 0 Å². The highest BCUT2D eigenvalue weighted by molar-refractivity contribution is 5.00. The Kier molecular flexibility index (Phi) is 1.29. The van der Waals surface area contributed by atoms with Crippen molar-refractivity contribution in [3.63, 3.8) is 0 Å². The third-order valence-corrected chi connectivity index (χ3v) is 2.99. The second-order valence-corrected chi connectivity index (χ2v) is 3.89. The van der Waals surface area contributed by atoms with Crippen LogP contribution < -0.4 is 5.32 Å². The lowest BCUT2D eigenvalue weighted by molar-refractivity contribution is -0.000281. The third-order valence-electron chi connectivity index (χ3n) is 2.99. The third kappa shape index (κ3) is 0.867. The van der Waals surface area contributed by atoms with Gasteiger partial charge in [0.2, 0.25) is 0 Å². The zero-order chi connectivity index (χ0) is 7.19. The van der Waals surface area contributed by atoms with Gasteiger partial charge >= 0.3 is 0 Å². The van der Waals surface area contributed by atoms with Gasteiger partial charge in [-0.1, -0.05) is 0 Å². The number of aliphatic hydroxyl groups is 1. The standard InChI is InChI=1S/C8H15NO/c1-8(10)5-4-6-2-3-7(8)9-6/h6-7,9-10H,2-5H2,1H3/t6-,7-,8+/m1/s1. The molecule has 0 aromatic rings. The maximum atomic E-state index is 9.80. The molecular weight excluding hydrogens is 126 g/mol. The van der Waals surface area contributed by atoms with E-state index in [-0.39, 0.29) is 0 Å². The average molecular weight is 141 g/mol. The maximum absolute atomic E-state index is 9.80. The van der Waals surface area contributed by atoms with Gasteiger partial charge in [-0.25, -0.2) is 0 Å². The number of fused-ring (bicyclic) bond motifs is 2. The van der Waals surface area contributed by atoms with Crippen LogP contribution in [0, 0.1) is 0 Å². The van der Waals surface area contributed by atoms with Crippen molar-refractivity contribution in [2.24, 2.45) is 0 Å². The molecule has 2 N–H and O–H groups in total. The molecular formula is C8H15NO. The number of rotatable bonds is 0. The van der Waals surface area contributed by atoms with Crippen molar-refractivity contribution >= 4 is 0 Å². The molecule has 2 rings (SSSR count). The summed E-state index contributed by atoms with van der Waals surface area (Å²) in [6, 6.07) is 1.09. The zero-order valence-electron chi connectivity index (χ0n) is 6.43. The van der Waals surface area contributed by atoms with Crippen molar-refractivity contribution in [1.29, 1.82) is 0 Å². The Bertz CT molecular complexity index is 144. The first-order valence-electron chi connectivity index (χ1n) is 4.17. The van der Waals surface area contributed by atoms with E-state index in [0.29, 0.717) is 12.1 Å². The summed E-state index contributed by atoms with van der Waals surface area (Å²) < 4.78 is 0. The second-order valence-electron chi connectivity index (χ2n) is 3.89. The highest BCUT2D eigenvalue weighted by Crippen LogP contribution is 2.33. The number of nitrogens with one attached hydrogen (secondary N) is 1. The van der Waals surface area contributed by atoms with Gasteiger partial charge in [-0.2, -0.15) is 0 Å². The van der Waals surface area contributed by atoms with Crippen LogP contribution in [0.5, 0.6) is 0 Å². The molecule has 58 valence electrons. The number of piperidine rings is 1. The molecule has 2 nitrogen and oxygen atoms in total. The Labute approximate surface area is 61.6 Å². The highest BCUT2D eigenvalue weighted by Gasteiger charge is 2.41. The molecule has 0 unspecified atom stereocenters. The molecule has 2 bridgehead atoms. The Morgan fingerprint density at radius 3 is 2.90 bits per heavy atom. The number of hydrogen-bond acceptors (Lipinski definition) is 2. The van der Waals surface area contributed by atoms with Crippen molar-refractivity contribution in [3.05, 3.63) is 0 Å². The maximum Gasteiger partial charge on any atom is 0.0772 e. The van der Waals surface area contributed by atoms with E-state index in [4.69, 9.17) is 0 Å². The fraction of sp³-hybridized carbons (Fsp3) is 1.00. The normalized spacial score (nSPS) is 53.4. The van der Waals surface area contributed by atoms with Crippen LogP contribution in [0.2, 0.25) is 0 Å². The lowest BCUT2D eigenvalue weighted by atomic mass is 9.89. The van der Waals surface area contributed by atoms with E-state index in [0.717, 1.165) is 19.3 Å². The van der Waals surface area contributed by atoms with Gasteiger partial charge in [-0.3, -0.25) is 0 Å². The molecule has 10 heavy (non-hydrogen) atoms. The minimum Gasteiger partial charge on any atom is -0.389 e. The largest absolute Gasteiger partial charge is 0.389 e. The smallest absolute Gasteiger partial charge is 0.0772 e. The predicted molar refractivity (Wildman–Crippen MR) is 39.8 cm³/mol. The van der Waals surface area contributed by atoms with Gasteiger partial charge in [0.25, 0.3) is 0 Å². The zero-order valence-corrected chi connectivity index (χ0v) is 6.43. The molecule has 2 heteroatoms. The summed E-state index contributed by atoms with van der Waals surface area (Å²) in [6.45, 7) is 1.95. The van der Waals surface area contributed by atoms with Gasteiger partial charge in [-0.15, -0.1) is 0 Å². The first-order valence-corrected chi connectivity index (χ1v) is 4.17. The summed E-state index contributed by atoms with van der Waals surface area (Å²) in [5.41, 5.74) is -0.424. The summed E-state index contributed by atoms with van der Waals surface area (Å²) in [5.74, 6) is 0. The summed E-state index contributed by atoms with van der Waals surface area (Å²) in [4.78, 5) is 0. The summed E-state index contributed by atoms with van der Waals surface area (Å²) in [6.07, 6.45) is 4.57. The molecule has 0 aliphatic carbocycles. The predicted octanol–water partition coefficient (Wildman–Crippen LogP) is 0.652. The SMILES string of the molecule is C[C@]1(O)CC[C@H]2CC[C@H]1N2. The summed E-state index contributed by atoms with van der Waals surface area (Å²) >= 11 is 0. The van der Waals surface area contributed by atoms with Crippen LogP contribution in [-0.2, 0) is 0 Å². The molecule has 2 aliphatic heterocycles. The monoisotopic (exact) mass is 141 g/mol. The topological polar surface area (TPSA) is 32.3 Å². The van der Waals surface area contributed by atoms with Gasteiger partial charge in [0, 0.05) is 12.1 Å². The minimum absolute atomic E-state index is 0.381. The van der Waals surface area contributed by atoms with Crippen LogP contribution in [-0.4, -0.2) is 22.8 Å². The van der Waals surface area contributed by atoms with E-state index in [9.17, 15) is 5.11 Å². The molecule has 2 heterocycles. The van der Waals surface area contributed by atoms with Crippen molar-refractivity contribution in [2.75, 3.05) is 0 Å². The van der Waals surface area contributed by atoms with E-state index in [1.165, 1.54) is 6.42 Å². The molecule has 0 aromatic heterocycles. The van der Waals surface area contributed by atoms with Crippen LogP contribution in [0.4, 0.5) is 0 Å². The minimum atomic E-state index is -0.424. The Hall–Kier alpha value is -0.0800. The first kappa shape index (κ1) is 6.62. The first-order chi connectivity index (χ1) is 4.68. The van der Waals surface area contributed by atoms with E-state index in [1.54, 1.807) is 0 Å². The molecule has 2 saturated heterocycles. The van der Waals surface area contributed by atoms with E-state index < -0.39 is 5.60 Å². The molecule has 2 aliphatic rings. The van der Waals surface area contributed by atoms with Crippen LogP contribution in [0.3, 0.4) is 0 Å². The van der Waals surface area contributed by atoms with Crippen molar-refractivity contribution in [2.45, 2.75) is 50.3 Å². The highest BCUT2D eigenvalue weighted by atomic mass is 16.3. The van der Waals surface area contributed by atoms with Crippen molar-refractivity contribution < 1.29 is 5.11 Å². The Balaban J connectivity index is 2.14. The lowest BCUT2D eigenvalue weighted by Crippen LogP contribution is -2.51. The van der Waals surface area contributed by atoms with Crippen molar-refractivity contribution in [3.8, 4) is 0 Å². The van der Waals surface area contributed by atoms with Crippen molar-refractivity contribution in [1.82, 2.24) is 5.32 Å². The Morgan fingerprint density at radius 1 is 1.40 bits per heavy atom. The van der Waals surface area contributed by atoms with Gasteiger partial charge in [0.15, 0.2) is 0 Å². The molecule has 0 saturated carbocycles. The molecule has 0 amide bonds. The van der Waals surface area contributed by atoms with Crippen LogP contribution in [0.1, 0.15) is 32.6 Å². The summed E-state index contributed by atoms with van der Waals surface area (Å²) in [5, 5.41) is 13.2. The fourth-order valence-corrected chi connectivity index (χ4v) is 2.18. The average Bonchev–Trinajstić information content (AvgIpc) is 2.26. The molecule has 2 fully saturated rings. The van der Waals surface area contributed by atoms with E-state index >= 15 is 0 Å². The second kappa shape index (κ2) is 1.95. The quantitative estimate of drug-likeness (QED) is 0.519. The van der Waals surface area contributed by atoms with Crippen LogP contribution >= 0.6 is 0 Å². The van der Waals surface area contributed by atoms with E-state index in [1.807, 2.05) is 6.92 Å². The molecule has 0 aromatic carbocycles. The van der Waals surface area contributed by atoms with Crippen LogP contribution in [0.25, 0.3) is 0 Å². The molecule has 0 radical (unpaired) electrons.